The highest BCUT2D eigenvalue weighted by molar-refractivity contribution is 7.48. The van der Waals surface area contributed by atoms with Crippen molar-refractivity contribution in [1.29, 1.82) is 0 Å². The number of phosphoric ester groups is 1. The van der Waals surface area contributed by atoms with Gasteiger partial charge < -0.3 is 0 Å². The summed E-state index contributed by atoms with van der Waals surface area (Å²) >= 11 is 0. The summed E-state index contributed by atoms with van der Waals surface area (Å²) in [6.45, 7) is 12.6. The van der Waals surface area contributed by atoms with Crippen molar-refractivity contribution in [1.82, 2.24) is 9.55 Å². The van der Waals surface area contributed by atoms with E-state index in [1.807, 2.05) is 12.2 Å². The summed E-state index contributed by atoms with van der Waals surface area (Å²) in [6.07, 6.45) is 6.33. The minimum absolute atomic E-state index is 0.128. The summed E-state index contributed by atoms with van der Waals surface area (Å²) in [4.78, 5) is 26.2. The van der Waals surface area contributed by atoms with Crippen molar-refractivity contribution >= 4 is 7.82 Å². The molecule has 162 valence electrons. The van der Waals surface area contributed by atoms with Crippen LogP contribution in [0.25, 0.3) is 0 Å². The van der Waals surface area contributed by atoms with Crippen LogP contribution < -0.4 is 11.2 Å². The minimum Gasteiger partial charge on any atom is -0.293 e. The highest BCUT2D eigenvalue weighted by Crippen LogP contribution is 2.66. The molecule has 2 aliphatic carbocycles. The van der Waals surface area contributed by atoms with Crippen LogP contribution >= 0.6 is 7.82 Å². The van der Waals surface area contributed by atoms with Gasteiger partial charge in [-0.25, -0.2) is 9.36 Å². The molecule has 0 unspecified atom stereocenters. The van der Waals surface area contributed by atoms with Crippen molar-refractivity contribution in [3.05, 3.63) is 44.8 Å². The van der Waals surface area contributed by atoms with Crippen LogP contribution in [0.4, 0.5) is 0 Å². The Morgan fingerprint density at radius 1 is 1.17 bits per heavy atom. The maximum Gasteiger partial charge on any atom is 0.475 e. The molecule has 0 saturated heterocycles. The van der Waals surface area contributed by atoms with E-state index in [0.717, 1.165) is 6.42 Å². The van der Waals surface area contributed by atoms with Crippen molar-refractivity contribution in [2.24, 2.45) is 11.3 Å². The lowest BCUT2D eigenvalue weighted by Gasteiger charge is -2.31. The molecule has 0 amide bonds. The molecule has 1 N–H and O–H groups in total. The number of phosphoric acid groups is 1. The number of nitrogens with one attached hydrogen (secondary N) is 1. The molecule has 0 aliphatic heterocycles. The van der Waals surface area contributed by atoms with Gasteiger partial charge in [0.1, 0.15) is 0 Å². The number of fused-ring (bicyclic) bond motifs is 1. The summed E-state index contributed by atoms with van der Waals surface area (Å²) in [5, 5.41) is 0. The third kappa shape index (κ3) is 5.00. The largest absolute Gasteiger partial charge is 0.475 e. The van der Waals surface area contributed by atoms with Gasteiger partial charge in [0.25, 0.3) is 5.56 Å². The second kappa shape index (κ2) is 7.05. The highest BCUT2D eigenvalue weighted by Gasteiger charge is 2.60. The Labute approximate surface area is 170 Å². The van der Waals surface area contributed by atoms with Crippen LogP contribution in [0.3, 0.4) is 0 Å². The summed E-state index contributed by atoms with van der Waals surface area (Å²) in [5.41, 5.74) is -2.04. The first-order chi connectivity index (χ1) is 13.1. The number of aromatic nitrogens is 2. The van der Waals surface area contributed by atoms with E-state index in [9.17, 15) is 14.2 Å². The second-order valence-electron chi connectivity index (χ2n) is 10.0. The zero-order chi connectivity index (χ0) is 21.8. The Bertz CT molecular complexity index is 960. The van der Waals surface area contributed by atoms with E-state index in [4.69, 9.17) is 13.6 Å². The topological polar surface area (TPSA) is 99.6 Å². The van der Waals surface area contributed by atoms with Crippen LogP contribution in [-0.2, 0) is 18.1 Å². The van der Waals surface area contributed by atoms with Gasteiger partial charge in [0.05, 0.1) is 23.9 Å². The zero-order valence-electron chi connectivity index (χ0n) is 18.1. The number of H-pyrrole nitrogens is 1. The molecular weight excluding hydrogens is 395 g/mol. The number of aromatic amines is 1. The predicted molar refractivity (Wildman–Crippen MR) is 110 cm³/mol. The van der Waals surface area contributed by atoms with Gasteiger partial charge in [0.15, 0.2) is 0 Å². The first-order valence-electron chi connectivity index (χ1n) is 9.81. The highest BCUT2D eigenvalue weighted by atomic mass is 31.2. The van der Waals surface area contributed by atoms with Gasteiger partial charge in [0, 0.05) is 17.2 Å². The lowest BCUT2D eigenvalue weighted by atomic mass is 10.1. The van der Waals surface area contributed by atoms with E-state index >= 15 is 0 Å². The van der Waals surface area contributed by atoms with E-state index < -0.39 is 24.7 Å². The fraction of sp³-hybridized carbons (Fsp3) is 0.700. The molecule has 2 aliphatic rings. The Morgan fingerprint density at radius 2 is 1.76 bits per heavy atom. The van der Waals surface area contributed by atoms with E-state index in [-0.39, 0.29) is 29.5 Å². The first kappa shape index (κ1) is 22.2. The van der Waals surface area contributed by atoms with E-state index in [2.05, 4.69) is 4.98 Å². The molecule has 0 aromatic carbocycles. The van der Waals surface area contributed by atoms with Gasteiger partial charge in [-0.3, -0.25) is 27.9 Å². The fourth-order valence-corrected chi connectivity index (χ4v) is 5.56. The average molecular weight is 426 g/mol. The van der Waals surface area contributed by atoms with Crippen LogP contribution in [0.2, 0.25) is 0 Å². The van der Waals surface area contributed by atoms with Crippen molar-refractivity contribution in [2.75, 3.05) is 6.61 Å². The van der Waals surface area contributed by atoms with Crippen LogP contribution in [0.15, 0.2) is 27.9 Å². The number of allylic oxidation sites excluding steroid dienone is 1. The molecule has 0 bridgehead atoms. The Hall–Kier alpha value is -1.47. The van der Waals surface area contributed by atoms with Gasteiger partial charge in [-0.2, -0.15) is 0 Å². The van der Waals surface area contributed by atoms with Crippen LogP contribution in [0.5, 0.6) is 0 Å². The second-order valence-corrected chi connectivity index (χ2v) is 11.5. The lowest BCUT2D eigenvalue weighted by molar-refractivity contribution is -0.000983. The average Bonchev–Trinajstić information content (AvgIpc) is 3.12. The van der Waals surface area contributed by atoms with Gasteiger partial charge in [-0.1, -0.05) is 12.2 Å². The third-order valence-corrected chi connectivity index (χ3v) is 6.93. The van der Waals surface area contributed by atoms with E-state index in [1.165, 1.54) is 0 Å². The van der Waals surface area contributed by atoms with Crippen LogP contribution in [-0.4, -0.2) is 27.4 Å². The quantitative estimate of drug-likeness (QED) is 0.550. The monoisotopic (exact) mass is 426 g/mol. The van der Waals surface area contributed by atoms with Gasteiger partial charge in [-0.05, 0) is 60.8 Å². The molecule has 0 spiro atoms. The summed E-state index contributed by atoms with van der Waals surface area (Å²) < 4.78 is 31.9. The number of hydrogen-bond donors (Lipinski definition) is 1. The third-order valence-electron chi connectivity index (χ3n) is 4.95. The minimum atomic E-state index is -3.80. The van der Waals surface area contributed by atoms with Crippen molar-refractivity contribution in [2.45, 2.75) is 72.1 Å². The van der Waals surface area contributed by atoms with E-state index in [0.29, 0.717) is 5.56 Å². The Morgan fingerprint density at radius 3 is 2.28 bits per heavy atom. The summed E-state index contributed by atoms with van der Waals surface area (Å²) in [6, 6.07) is -0.173. The standard InChI is InChI=1S/C20H31N2O6P/c1-13-11-22(17(24)21-16(13)23)15-8-9-20(10-14(15)20)12-26-29(25,27-18(2,3)4)28-19(5,6)7/h8-9,11,14-15H,10,12H2,1-7H3,(H,21,23,24)/t14-,15+,20-/m1/s1. The molecule has 1 aromatic rings. The molecule has 3 rings (SSSR count). The number of nitrogens with zero attached hydrogens (tertiary/aromatic N) is 1. The van der Waals surface area contributed by atoms with Crippen LogP contribution in [0.1, 0.15) is 59.6 Å². The smallest absolute Gasteiger partial charge is 0.293 e. The van der Waals surface area contributed by atoms with Crippen molar-refractivity contribution < 1.29 is 18.1 Å². The Kier molecular flexibility index (Phi) is 5.40. The summed E-state index contributed by atoms with van der Waals surface area (Å²) in [5.74, 6) is 0.128. The number of hydrogen-bond acceptors (Lipinski definition) is 6. The lowest BCUT2D eigenvalue weighted by Crippen LogP contribution is -2.33. The molecular formula is C20H31N2O6P. The first-order valence-corrected chi connectivity index (χ1v) is 11.3. The molecule has 8 nitrogen and oxygen atoms in total. The van der Waals surface area contributed by atoms with Gasteiger partial charge in [-0.15, -0.1) is 0 Å². The molecule has 1 heterocycles. The van der Waals surface area contributed by atoms with Crippen LogP contribution in [0, 0.1) is 18.3 Å². The molecule has 3 atom stereocenters. The molecule has 1 saturated carbocycles. The SMILES string of the molecule is Cc1cn([C@H]2C=C[C@]3(COP(=O)(OC(C)(C)C)OC(C)(C)C)C[C@H]23)c(=O)[nH]c1=O. The molecule has 29 heavy (non-hydrogen) atoms. The maximum absolute atomic E-state index is 13.3. The Balaban J connectivity index is 1.75. The fourth-order valence-electron chi connectivity index (χ4n) is 3.68. The van der Waals surface area contributed by atoms with Gasteiger partial charge in [0.2, 0.25) is 0 Å². The van der Waals surface area contributed by atoms with Gasteiger partial charge >= 0.3 is 13.5 Å². The van der Waals surface area contributed by atoms with Crippen molar-refractivity contribution in [3.8, 4) is 0 Å². The van der Waals surface area contributed by atoms with E-state index in [1.54, 1.807) is 59.2 Å². The normalized spacial score (nSPS) is 26.6. The van der Waals surface area contributed by atoms with Crippen molar-refractivity contribution in [3.63, 3.8) is 0 Å². The maximum atomic E-state index is 13.3. The number of aryl methyl sites for hydroxylation is 1. The molecule has 0 radical (unpaired) electrons. The number of rotatable bonds is 6. The molecule has 1 aromatic heterocycles. The molecule has 1 fully saturated rings. The summed E-state index contributed by atoms with van der Waals surface area (Å²) in [7, 11) is -3.80. The predicted octanol–water partition coefficient (Wildman–Crippen LogP) is 3.72. The zero-order valence-corrected chi connectivity index (χ0v) is 19.0. The molecule has 9 heteroatoms.